The van der Waals surface area contributed by atoms with Gasteiger partial charge in [0.25, 0.3) is 0 Å². The molecule has 0 aliphatic rings. The van der Waals surface area contributed by atoms with E-state index in [1.807, 2.05) is 13.8 Å². The third-order valence-electron chi connectivity index (χ3n) is 2.37. The number of amides is 2. The van der Waals surface area contributed by atoms with Crippen LogP contribution in [0.3, 0.4) is 0 Å². The summed E-state index contributed by atoms with van der Waals surface area (Å²) in [7, 11) is 0. The molecule has 1 aromatic rings. The summed E-state index contributed by atoms with van der Waals surface area (Å²) in [5.74, 6) is 0.188. The van der Waals surface area contributed by atoms with Crippen LogP contribution in [0.5, 0.6) is 5.75 Å². The molecule has 0 saturated heterocycles. The third-order valence-corrected chi connectivity index (χ3v) is 2.37. The molecule has 0 bridgehead atoms. The maximum atomic E-state index is 13.3. The van der Waals surface area contributed by atoms with Crippen LogP contribution in [0.15, 0.2) is 24.3 Å². The fraction of sp³-hybridized carbons (Fsp3) is 0.500. The van der Waals surface area contributed by atoms with Gasteiger partial charge in [-0.3, -0.25) is 0 Å². The summed E-state index contributed by atoms with van der Waals surface area (Å²) in [6, 6.07) is 5.75. The van der Waals surface area contributed by atoms with E-state index >= 15 is 0 Å². The van der Waals surface area contributed by atoms with Gasteiger partial charge in [0, 0.05) is 6.54 Å². The largest absolute Gasteiger partial charge is 0.488 e. The van der Waals surface area contributed by atoms with E-state index in [-0.39, 0.29) is 24.4 Å². The summed E-state index contributed by atoms with van der Waals surface area (Å²) in [5.41, 5.74) is 0. The summed E-state index contributed by atoms with van der Waals surface area (Å²) < 4.78 is 18.6. The fourth-order valence-electron chi connectivity index (χ4n) is 1.39. The predicted molar refractivity (Wildman–Crippen MR) is 72.7 cm³/mol. The Morgan fingerprint density at radius 1 is 1.32 bits per heavy atom. The van der Waals surface area contributed by atoms with Crippen LogP contribution in [0.4, 0.5) is 9.18 Å². The number of para-hydroxylation sites is 1. The molecule has 19 heavy (non-hydrogen) atoms. The van der Waals surface area contributed by atoms with Crippen LogP contribution in [0.2, 0.25) is 0 Å². The van der Waals surface area contributed by atoms with Crippen LogP contribution < -0.4 is 15.4 Å². The van der Waals surface area contributed by atoms with Crippen molar-refractivity contribution in [3.8, 4) is 5.75 Å². The van der Waals surface area contributed by atoms with Crippen molar-refractivity contribution < 1.29 is 13.9 Å². The first-order valence-electron chi connectivity index (χ1n) is 6.40. The van der Waals surface area contributed by atoms with Gasteiger partial charge in [0.15, 0.2) is 11.6 Å². The van der Waals surface area contributed by atoms with E-state index in [2.05, 4.69) is 10.6 Å². The molecule has 4 nitrogen and oxygen atoms in total. The molecule has 106 valence electrons. The highest BCUT2D eigenvalue weighted by Crippen LogP contribution is 2.15. The Morgan fingerprint density at radius 2 is 2.00 bits per heavy atom. The third kappa shape index (κ3) is 6.08. The number of ether oxygens (including phenoxy) is 1. The van der Waals surface area contributed by atoms with Crippen LogP contribution in [-0.2, 0) is 0 Å². The van der Waals surface area contributed by atoms with E-state index in [1.54, 1.807) is 25.1 Å². The Hall–Kier alpha value is -1.78. The van der Waals surface area contributed by atoms with Gasteiger partial charge < -0.3 is 15.4 Å². The summed E-state index contributed by atoms with van der Waals surface area (Å²) in [6.45, 7) is 6.68. The summed E-state index contributed by atoms with van der Waals surface area (Å²) in [5, 5.41) is 5.47. The molecule has 0 heterocycles. The summed E-state index contributed by atoms with van der Waals surface area (Å²) in [4.78, 5) is 11.5. The standard InChI is InChI=1S/C14H21FN2O2/c1-10(2)8-16-14(18)17-11(3)9-19-13-7-5-4-6-12(13)15/h4-7,10-11H,8-9H2,1-3H3,(H2,16,17,18). The highest BCUT2D eigenvalue weighted by Gasteiger charge is 2.09. The van der Waals surface area contributed by atoms with Gasteiger partial charge in [-0.25, -0.2) is 9.18 Å². The average molecular weight is 268 g/mol. The van der Waals surface area contributed by atoms with Crippen LogP contribution in [-0.4, -0.2) is 25.2 Å². The van der Waals surface area contributed by atoms with Crippen molar-refractivity contribution in [1.29, 1.82) is 0 Å². The quantitative estimate of drug-likeness (QED) is 0.833. The molecule has 1 unspecified atom stereocenters. The molecule has 1 atom stereocenters. The normalized spacial score (nSPS) is 12.1. The maximum absolute atomic E-state index is 13.3. The molecular formula is C14H21FN2O2. The van der Waals surface area contributed by atoms with Crippen molar-refractivity contribution in [2.75, 3.05) is 13.2 Å². The van der Waals surface area contributed by atoms with Crippen LogP contribution in [0.1, 0.15) is 20.8 Å². The van der Waals surface area contributed by atoms with Crippen molar-refractivity contribution in [3.63, 3.8) is 0 Å². The molecule has 0 spiro atoms. The molecule has 5 heteroatoms. The zero-order valence-corrected chi connectivity index (χ0v) is 11.6. The first kappa shape index (κ1) is 15.3. The maximum Gasteiger partial charge on any atom is 0.315 e. The fourth-order valence-corrected chi connectivity index (χ4v) is 1.39. The van der Waals surface area contributed by atoms with E-state index in [4.69, 9.17) is 4.74 Å². The van der Waals surface area contributed by atoms with Gasteiger partial charge in [-0.15, -0.1) is 0 Å². The SMILES string of the molecule is CC(C)CNC(=O)NC(C)COc1ccccc1F. The number of hydrogen-bond acceptors (Lipinski definition) is 2. The minimum Gasteiger partial charge on any atom is -0.488 e. The Balaban J connectivity index is 2.30. The molecule has 1 rings (SSSR count). The predicted octanol–water partition coefficient (Wildman–Crippen LogP) is 2.55. The molecule has 1 aromatic carbocycles. The number of urea groups is 1. The Labute approximate surface area is 113 Å². The van der Waals surface area contributed by atoms with Crippen LogP contribution in [0.25, 0.3) is 0 Å². The molecule has 0 aliphatic heterocycles. The van der Waals surface area contributed by atoms with Crippen molar-refractivity contribution in [2.45, 2.75) is 26.8 Å². The minimum atomic E-state index is -0.404. The molecule has 2 N–H and O–H groups in total. The van der Waals surface area contributed by atoms with Crippen molar-refractivity contribution >= 4 is 6.03 Å². The summed E-state index contributed by atoms with van der Waals surface area (Å²) in [6.07, 6.45) is 0. The molecule has 0 fully saturated rings. The van der Waals surface area contributed by atoms with Gasteiger partial charge >= 0.3 is 6.03 Å². The number of carbonyl (C=O) groups is 1. The van der Waals surface area contributed by atoms with Gasteiger partial charge in [0.1, 0.15) is 6.61 Å². The second-order valence-corrected chi connectivity index (χ2v) is 4.89. The van der Waals surface area contributed by atoms with E-state index < -0.39 is 5.82 Å². The summed E-state index contributed by atoms with van der Waals surface area (Å²) >= 11 is 0. The van der Waals surface area contributed by atoms with Crippen molar-refractivity contribution in [1.82, 2.24) is 10.6 Å². The van der Waals surface area contributed by atoms with Gasteiger partial charge in [0.05, 0.1) is 6.04 Å². The van der Waals surface area contributed by atoms with Crippen molar-refractivity contribution in [3.05, 3.63) is 30.1 Å². The van der Waals surface area contributed by atoms with Gasteiger partial charge in [-0.2, -0.15) is 0 Å². The molecule has 0 radical (unpaired) electrons. The lowest BCUT2D eigenvalue weighted by Gasteiger charge is -2.16. The lowest BCUT2D eigenvalue weighted by Crippen LogP contribution is -2.44. The second kappa shape index (κ2) is 7.61. The Kier molecular flexibility index (Phi) is 6.12. The molecule has 2 amide bonds. The monoisotopic (exact) mass is 268 g/mol. The van der Waals surface area contributed by atoms with Crippen LogP contribution >= 0.6 is 0 Å². The van der Waals surface area contributed by atoms with Crippen LogP contribution in [0, 0.1) is 11.7 Å². The van der Waals surface area contributed by atoms with E-state index in [1.165, 1.54) is 6.07 Å². The topological polar surface area (TPSA) is 50.4 Å². The number of benzene rings is 1. The number of hydrogen-bond donors (Lipinski definition) is 2. The lowest BCUT2D eigenvalue weighted by molar-refractivity contribution is 0.223. The number of rotatable bonds is 6. The minimum absolute atomic E-state index is 0.193. The van der Waals surface area contributed by atoms with Gasteiger partial charge in [-0.05, 0) is 25.0 Å². The van der Waals surface area contributed by atoms with E-state index in [0.717, 1.165) is 0 Å². The zero-order chi connectivity index (χ0) is 14.3. The van der Waals surface area contributed by atoms with Gasteiger partial charge in [0.2, 0.25) is 0 Å². The highest BCUT2D eigenvalue weighted by molar-refractivity contribution is 5.74. The molecule has 0 aromatic heterocycles. The second-order valence-electron chi connectivity index (χ2n) is 4.89. The van der Waals surface area contributed by atoms with Crippen molar-refractivity contribution in [2.24, 2.45) is 5.92 Å². The average Bonchev–Trinajstić information content (AvgIpc) is 2.35. The first-order valence-corrected chi connectivity index (χ1v) is 6.40. The Morgan fingerprint density at radius 3 is 2.63 bits per heavy atom. The number of halogens is 1. The smallest absolute Gasteiger partial charge is 0.315 e. The Bertz CT molecular complexity index is 410. The van der Waals surface area contributed by atoms with E-state index in [0.29, 0.717) is 12.5 Å². The van der Waals surface area contributed by atoms with E-state index in [9.17, 15) is 9.18 Å². The molecule has 0 saturated carbocycles. The lowest BCUT2D eigenvalue weighted by atomic mass is 10.2. The first-order chi connectivity index (χ1) is 8.99. The molecular weight excluding hydrogens is 247 g/mol. The highest BCUT2D eigenvalue weighted by atomic mass is 19.1. The molecule has 0 aliphatic carbocycles. The zero-order valence-electron chi connectivity index (χ0n) is 11.6. The number of nitrogens with one attached hydrogen (secondary N) is 2. The number of carbonyl (C=O) groups excluding carboxylic acids is 1. The van der Waals surface area contributed by atoms with Gasteiger partial charge in [-0.1, -0.05) is 26.0 Å².